The molecule has 0 bridgehead atoms. The Morgan fingerprint density at radius 2 is 2.18 bits per heavy atom. The molecule has 0 atom stereocenters. The van der Waals surface area contributed by atoms with Crippen LogP contribution in [0.5, 0.6) is 0 Å². The lowest BCUT2D eigenvalue weighted by Gasteiger charge is -2.18. The van der Waals surface area contributed by atoms with Gasteiger partial charge in [-0.05, 0) is 6.07 Å². The van der Waals surface area contributed by atoms with E-state index in [9.17, 15) is 14.4 Å². The second-order valence-electron chi connectivity index (χ2n) is 3.31. The number of carbonyl (C=O) groups is 2. The maximum absolute atomic E-state index is 11.9. The number of pyridine rings is 1. The Hall–Kier alpha value is -2.37. The summed E-state index contributed by atoms with van der Waals surface area (Å²) < 4.78 is 0. The molecule has 1 heterocycles. The number of carboxylic acid groups (broad SMARTS) is 1. The van der Waals surface area contributed by atoms with Gasteiger partial charge in [0.2, 0.25) is 5.56 Å². The third-order valence-electron chi connectivity index (χ3n) is 1.99. The molecule has 2 N–H and O–H groups in total. The molecule has 0 aromatic carbocycles. The second kappa shape index (κ2) is 5.64. The first kappa shape index (κ1) is 12.7. The molecule has 1 aromatic heterocycles. The van der Waals surface area contributed by atoms with Crippen LogP contribution in [0.15, 0.2) is 35.8 Å². The summed E-state index contributed by atoms with van der Waals surface area (Å²) in [5.41, 5.74) is -0.0947. The minimum Gasteiger partial charge on any atom is -0.480 e. The van der Waals surface area contributed by atoms with Gasteiger partial charge in [0.05, 0.1) is 5.56 Å². The van der Waals surface area contributed by atoms with Crippen molar-refractivity contribution in [2.75, 3.05) is 13.1 Å². The SMILES string of the molecule is C=CCN(CC(=O)O)C(=O)c1ccc(=O)[nH]c1. The molecule has 6 nitrogen and oxygen atoms in total. The molecule has 1 amide bonds. The minimum absolute atomic E-state index is 0.129. The monoisotopic (exact) mass is 236 g/mol. The summed E-state index contributed by atoms with van der Waals surface area (Å²) in [7, 11) is 0. The number of aliphatic carboxylic acids is 1. The van der Waals surface area contributed by atoms with Crippen LogP contribution < -0.4 is 5.56 Å². The Kier molecular flexibility index (Phi) is 4.21. The van der Waals surface area contributed by atoms with Crippen molar-refractivity contribution in [3.05, 3.63) is 46.9 Å². The standard InChI is InChI=1S/C11H12N2O4/c1-2-5-13(7-10(15)16)11(17)8-3-4-9(14)12-6-8/h2-4,6H,1,5,7H2,(H,12,14)(H,15,16). The highest BCUT2D eigenvalue weighted by molar-refractivity contribution is 5.95. The van der Waals surface area contributed by atoms with E-state index in [0.717, 1.165) is 4.90 Å². The van der Waals surface area contributed by atoms with E-state index in [4.69, 9.17) is 5.11 Å². The highest BCUT2D eigenvalue weighted by atomic mass is 16.4. The van der Waals surface area contributed by atoms with Gasteiger partial charge in [0, 0.05) is 18.8 Å². The van der Waals surface area contributed by atoms with E-state index in [1.807, 2.05) is 0 Å². The van der Waals surface area contributed by atoms with Gasteiger partial charge < -0.3 is 15.0 Å². The average molecular weight is 236 g/mol. The molecule has 1 aromatic rings. The van der Waals surface area contributed by atoms with E-state index in [2.05, 4.69) is 11.6 Å². The van der Waals surface area contributed by atoms with Crippen LogP contribution in [0.3, 0.4) is 0 Å². The second-order valence-corrected chi connectivity index (χ2v) is 3.31. The first-order chi connectivity index (χ1) is 8.04. The highest BCUT2D eigenvalue weighted by Crippen LogP contribution is 2.01. The van der Waals surface area contributed by atoms with E-state index >= 15 is 0 Å². The molecule has 90 valence electrons. The molecule has 17 heavy (non-hydrogen) atoms. The third kappa shape index (κ3) is 3.60. The van der Waals surface area contributed by atoms with Crippen molar-refractivity contribution >= 4 is 11.9 Å². The number of aromatic nitrogens is 1. The Balaban J connectivity index is 2.90. The van der Waals surface area contributed by atoms with Crippen LogP contribution in [-0.2, 0) is 4.79 Å². The van der Waals surface area contributed by atoms with Crippen molar-refractivity contribution in [3.63, 3.8) is 0 Å². The highest BCUT2D eigenvalue weighted by Gasteiger charge is 2.17. The zero-order chi connectivity index (χ0) is 12.8. The third-order valence-corrected chi connectivity index (χ3v) is 1.99. The number of nitrogens with zero attached hydrogens (tertiary/aromatic N) is 1. The van der Waals surface area contributed by atoms with E-state index in [1.54, 1.807) is 0 Å². The summed E-state index contributed by atoms with van der Waals surface area (Å²) in [6.45, 7) is 3.17. The predicted octanol–water partition coefficient (Wildman–Crippen LogP) is 0.0877. The molecule has 0 spiro atoms. The molecule has 0 aliphatic heterocycles. The number of hydrogen-bond acceptors (Lipinski definition) is 3. The van der Waals surface area contributed by atoms with Gasteiger partial charge in [-0.25, -0.2) is 0 Å². The number of rotatable bonds is 5. The van der Waals surface area contributed by atoms with Gasteiger partial charge in [-0.15, -0.1) is 6.58 Å². The fraction of sp³-hybridized carbons (Fsp3) is 0.182. The number of hydrogen-bond donors (Lipinski definition) is 2. The van der Waals surface area contributed by atoms with Gasteiger partial charge in [0.15, 0.2) is 0 Å². The summed E-state index contributed by atoms with van der Waals surface area (Å²) in [4.78, 5) is 36.8. The van der Waals surface area contributed by atoms with Gasteiger partial charge in [0.25, 0.3) is 5.91 Å². The number of amides is 1. The van der Waals surface area contributed by atoms with Crippen molar-refractivity contribution in [1.29, 1.82) is 0 Å². The van der Waals surface area contributed by atoms with Gasteiger partial charge >= 0.3 is 5.97 Å². The molecule has 0 unspecified atom stereocenters. The molecule has 0 aliphatic carbocycles. The molecule has 0 fully saturated rings. The average Bonchev–Trinajstić information content (AvgIpc) is 2.28. The lowest BCUT2D eigenvalue weighted by Crippen LogP contribution is -2.36. The smallest absolute Gasteiger partial charge is 0.323 e. The normalized spacial score (nSPS) is 9.65. The van der Waals surface area contributed by atoms with Crippen LogP contribution in [0.2, 0.25) is 0 Å². The van der Waals surface area contributed by atoms with Crippen LogP contribution >= 0.6 is 0 Å². The zero-order valence-corrected chi connectivity index (χ0v) is 9.05. The Morgan fingerprint density at radius 1 is 1.47 bits per heavy atom. The largest absolute Gasteiger partial charge is 0.480 e. The first-order valence-electron chi connectivity index (χ1n) is 4.85. The quantitative estimate of drug-likeness (QED) is 0.709. The summed E-state index contributed by atoms with van der Waals surface area (Å²) in [5, 5.41) is 8.66. The number of H-pyrrole nitrogens is 1. The molecule has 0 aliphatic rings. The van der Waals surface area contributed by atoms with Gasteiger partial charge in [-0.2, -0.15) is 0 Å². The fourth-order valence-corrected chi connectivity index (χ4v) is 1.26. The molecular weight excluding hydrogens is 224 g/mol. The van der Waals surface area contributed by atoms with Crippen molar-refractivity contribution < 1.29 is 14.7 Å². The van der Waals surface area contributed by atoms with Crippen molar-refractivity contribution in [1.82, 2.24) is 9.88 Å². The lowest BCUT2D eigenvalue weighted by molar-refractivity contribution is -0.137. The molecule has 6 heteroatoms. The van der Waals surface area contributed by atoms with Crippen molar-refractivity contribution in [2.24, 2.45) is 0 Å². The first-order valence-corrected chi connectivity index (χ1v) is 4.85. The minimum atomic E-state index is -1.11. The van der Waals surface area contributed by atoms with E-state index in [1.165, 1.54) is 24.4 Å². The summed E-state index contributed by atoms with van der Waals surface area (Å²) in [6.07, 6.45) is 2.69. The lowest BCUT2D eigenvalue weighted by atomic mass is 10.2. The van der Waals surface area contributed by atoms with Crippen LogP contribution in [0.25, 0.3) is 0 Å². The van der Waals surface area contributed by atoms with Crippen LogP contribution in [-0.4, -0.2) is 40.0 Å². The fourth-order valence-electron chi connectivity index (χ4n) is 1.26. The van der Waals surface area contributed by atoms with Crippen LogP contribution in [0, 0.1) is 0 Å². The van der Waals surface area contributed by atoms with Crippen molar-refractivity contribution in [3.8, 4) is 0 Å². The topological polar surface area (TPSA) is 90.5 Å². The molecule has 0 saturated carbocycles. The summed E-state index contributed by atoms with van der Waals surface area (Å²) in [5.74, 6) is -1.58. The Bertz CT molecular complexity index is 472. The predicted molar refractivity (Wildman–Crippen MR) is 60.8 cm³/mol. The van der Waals surface area contributed by atoms with E-state index in [-0.39, 0.29) is 17.7 Å². The van der Waals surface area contributed by atoms with E-state index < -0.39 is 18.4 Å². The number of aromatic amines is 1. The molecular formula is C11H12N2O4. The van der Waals surface area contributed by atoms with Gasteiger partial charge in [-0.3, -0.25) is 14.4 Å². The van der Waals surface area contributed by atoms with Gasteiger partial charge in [0.1, 0.15) is 6.54 Å². The molecule has 0 saturated heterocycles. The number of carboxylic acids is 1. The summed E-state index contributed by atoms with van der Waals surface area (Å²) in [6, 6.07) is 2.55. The molecule has 1 rings (SSSR count). The maximum atomic E-state index is 11.9. The Labute approximate surface area is 97.2 Å². The van der Waals surface area contributed by atoms with Gasteiger partial charge in [-0.1, -0.05) is 6.08 Å². The van der Waals surface area contributed by atoms with Crippen molar-refractivity contribution in [2.45, 2.75) is 0 Å². The number of nitrogens with one attached hydrogen (secondary N) is 1. The molecule has 0 radical (unpaired) electrons. The Morgan fingerprint density at radius 3 is 2.65 bits per heavy atom. The summed E-state index contributed by atoms with van der Waals surface area (Å²) >= 11 is 0. The maximum Gasteiger partial charge on any atom is 0.323 e. The van der Waals surface area contributed by atoms with E-state index in [0.29, 0.717) is 0 Å². The zero-order valence-electron chi connectivity index (χ0n) is 9.05. The van der Waals surface area contributed by atoms with Crippen LogP contribution in [0.1, 0.15) is 10.4 Å². The van der Waals surface area contributed by atoms with Crippen LogP contribution in [0.4, 0.5) is 0 Å². The number of carbonyl (C=O) groups excluding carboxylic acids is 1.